The number of benzene rings is 1. The Hall–Kier alpha value is -3.56. The summed E-state index contributed by atoms with van der Waals surface area (Å²) in [5.41, 5.74) is 1.30. The number of amides is 1. The lowest BCUT2D eigenvalue weighted by Gasteiger charge is -2.05. The van der Waals surface area contributed by atoms with E-state index in [0.29, 0.717) is 23.0 Å². The van der Waals surface area contributed by atoms with Crippen LogP contribution < -0.4 is 14.8 Å². The SMILES string of the molecule is C/C(=N/OCC(=O)OCC(=O)Nc1cc(C)on1)c1ccc2c(c1)OCO2. The highest BCUT2D eigenvalue weighted by Crippen LogP contribution is 2.32. The van der Waals surface area contributed by atoms with Gasteiger partial charge in [0.2, 0.25) is 13.4 Å². The number of carbonyl (C=O) groups is 2. The number of nitrogens with zero attached hydrogens (tertiary/aromatic N) is 2. The van der Waals surface area contributed by atoms with E-state index in [0.717, 1.165) is 5.56 Å². The Balaban J connectivity index is 1.40. The van der Waals surface area contributed by atoms with Crippen LogP contribution in [0.2, 0.25) is 0 Å². The fraction of sp³-hybridized carbons (Fsp3) is 0.294. The zero-order valence-corrected chi connectivity index (χ0v) is 14.7. The van der Waals surface area contributed by atoms with Crippen molar-refractivity contribution in [2.24, 2.45) is 5.16 Å². The van der Waals surface area contributed by atoms with Gasteiger partial charge in [0, 0.05) is 11.6 Å². The average molecular weight is 375 g/mol. The molecule has 1 N–H and O–H groups in total. The first-order valence-electron chi connectivity index (χ1n) is 7.96. The van der Waals surface area contributed by atoms with Gasteiger partial charge in [-0.1, -0.05) is 10.3 Å². The molecule has 0 bridgehead atoms. The summed E-state index contributed by atoms with van der Waals surface area (Å²) in [7, 11) is 0. The molecule has 0 unspecified atom stereocenters. The lowest BCUT2D eigenvalue weighted by atomic mass is 10.1. The van der Waals surface area contributed by atoms with Gasteiger partial charge in [-0.2, -0.15) is 0 Å². The van der Waals surface area contributed by atoms with Gasteiger partial charge in [-0.15, -0.1) is 0 Å². The Labute approximate surface area is 154 Å². The number of fused-ring (bicyclic) bond motifs is 1. The Morgan fingerprint density at radius 3 is 2.81 bits per heavy atom. The molecule has 142 valence electrons. The molecule has 1 aromatic carbocycles. The van der Waals surface area contributed by atoms with Gasteiger partial charge in [-0.3, -0.25) is 4.79 Å². The number of carbonyl (C=O) groups excluding carboxylic acids is 2. The Bertz CT molecular complexity index is 875. The van der Waals surface area contributed by atoms with E-state index < -0.39 is 25.1 Å². The molecule has 0 spiro atoms. The minimum absolute atomic E-state index is 0.182. The molecule has 2 heterocycles. The van der Waals surface area contributed by atoms with E-state index in [1.165, 1.54) is 6.07 Å². The van der Waals surface area contributed by atoms with E-state index in [-0.39, 0.29) is 12.6 Å². The lowest BCUT2D eigenvalue weighted by Crippen LogP contribution is -2.22. The molecule has 1 aromatic heterocycles. The third-order valence-corrected chi connectivity index (χ3v) is 3.43. The number of oxime groups is 1. The monoisotopic (exact) mass is 375 g/mol. The van der Waals surface area contributed by atoms with Crippen molar-refractivity contribution in [1.82, 2.24) is 5.16 Å². The molecule has 0 atom stereocenters. The Morgan fingerprint density at radius 1 is 1.22 bits per heavy atom. The first kappa shape index (κ1) is 18.2. The fourth-order valence-electron chi connectivity index (χ4n) is 2.15. The molecule has 1 aliphatic heterocycles. The van der Waals surface area contributed by atoms with E-state index in [1.807, 2.05) is 0 Å². The molecular formula is C17H17N3O7. The molecule has 0 saturated heterocycles. The minimum Gasteiger partial charge on any atom is -0.454 e. The third-order valence-electron chi connectivity index (χ3n) is 3.43. The van der Waals surface area contributed by atoms with Gasteiger partial charge in [-0.05, 0) is 32.0 Å². The topological polar surface area (TPSA) is 121 Å². The van der Waals surface area contributed by atoms with Crippen LogP contribution in [0.25, 0.3) is 0 Å². The van der Waals surface area contributed by atoms with Crippen molar-refractivity contribution in [2.45, 2.75) is 13.8 Å². The summed E-state index contributed by atoms with van der Waals surface area (Å²) in [5.74, 6) is 0.797. The number of aryl methyl sites for hydroxylation is 1. The van der Waals surface area contributed by atoms with Crippen LogP contribution in [0.1, 0.15) is 18.2 Å². The standard InChI is InChI=1S/C17H17N3O7/c1-10-5-15(20-27-10)18-16(21)7-23-17(22)8-26-19-11(2)12-3-4-13-14(6-12)25-9-24-13/h3-6H,7-9H2,1-2H3,(H,18,20,21)/b19-11-. The van der Waals surface area contributed by atoms with E-state index in [4.69, 9.17) is 23.6 Å². The smallest absolute Gasteiger partial charge is 0.347 e. The van der Waals surface area contributed by atoms with Crippen molar-refractivity contribution in [3.63, 3.8) is 0 Å². The maximum absolute atomic E-state index is 11.6. The van der Waals surface area contributed by atoms with Gasteiger partial charge in [0.25, 0.3) is 5.91 Å². The second-order valence-corrected chi connectivity index (χ2v) is 5.55. The average Bonchev–Trinajstić information content (AvgIpc) is 3.27. The molecule has 1 aliphatic rings. The number of aromatic nitrogens is 1. The predicted molar refractivity (Wildman–Crippen MR) is 91.6 cm³/mol. The van der Waals surface area contributed by atoms with Crippen molar-refractivity contribution in [1.29, 1.82) is 0 Å². The van der Waals surface area contributed by atoms with Crippen LogP contribution in [-0.4, -0.2) is 42.8 Å². The summed E-state index contributed by atoms with van der Waals surface area (Å²) < 4.78 is 20.1. The summed E-state index contributed by atoms with van der Waals surface area (Å²) in [6.07, 6.45) is 0. The molecule has 10 nitrogen and oxygen atoms in total. The summed E-state index contributed by atoms with van der Waals surface area (Å²) in [6.45, 7) is 2.68. The van der Waals surface area contributed by atoms with Gasteiger partial charge in [0.15, 0.2) is 23.9 Å². The summed E-state index contributed by atoms with van der Waals surface area (Å²) in [4.78, 5) is 28.2. The first-order valence-corrected chi connectivity index (χ1v) is 7.96. The van der Waals surface area contributed by atoms with Crippen LogP contribution in [0, 0.1) is 6.92 Å². The van der Waals surface area contributed by atoms with Gasteiger partial charge in [0.1, 0.15) is 5.76 Å². The quantitative estimate of drug-likeness (QED) is 0.440. The molecule has 3 rings (SSSR count). The number of rotatable bonds is 7. The number of hydrogen-bond acceptors (Lipinski definition) is 9. The number of nitrogens with one attached hydrogen (secondary N) is 1. The maximum Gasteiger partial charge on any atom is 0.347 e. The van der Waals surface area contributed by atoms with Crippen molar-refractivity contribution in [2.75, 3.05) is 25.3 Å². The number of anilines is 1. The van der Waals surface area contributed by atoms with Gasteiger partial charge in [-0.25, -0.2) is 4.79 Å². The van der Waals surface area contributed by atoms with Crippen LogP contribution in [0.5, 0.6) is 11.5 Å². The van der Waals surface area contributed by atoms with Crippen molar-refractivity contribution in [3.05, 3.63) is 35.6 Å². The van der Waals surface area contributed by atoms with E-state index in [9.17, 15) is 9.59 Å². The molecule has 0 saturated carbocycles. The highest BCUT2D eigenvalue weighted by atomic mass is 16.7. The third kappa shape index (κ3) is 4.97. The summed E-state index contributed by atoms with van der Waals surface area (Å²) >= 11 is 0. The van der Waals surface area contributed by atoms with Crippen molar-refractivity contribution in [3.8, 4) is 11.5 Å². The first-order chi connectivity index (χ1) is 13.0. The highest BCUT2D eigenvalue weighted by molar-refractivity contribution is 5.99. The van der Waals surface area contributed by atoms with Gasteiger partial charge < -0.3 is 28.9 Å². The minimum atomic E-state index is -0.733. The van der Waals surface area contributed by atoms with Crippen LogP contribution in [0.4, 0.5) is 5.82 Å². The van der Waals surface area contributed by atoms with Gasteiger partial charge in [0.05, 0.1) is 5.71 Å². The second-order valence-electron chi connectivity index (χ2n) is 5.55. The zero-order valence-electron chi connectivity index (χ0n) is 14.7. The molecule has 27 heavy (non-hydrogen) atoms. The Kier molecular flexibility index (Phi) is 5.55. The Morgan fingerprint density at radius 2 is 2.04 bits per heavy atom. The summed E-state index contributed by atoms with van der Waals surface area (Å²) in [6, 6.07) is 6.86. The molecule has 0 fully saturated rings. The van der Waals surface area contributed by atoms with E-state index in [2.05, 4.69) is 15.6 Å². The van der Waals surface area contributed by atoms with E-state index in [1.54, 1.807) is 32.0 Å². The molecular weight excluding hydrogens is 358 g/mol. The number of hydrogen-bond donors (Lipinski definition) is 1. The van der Waals surface area contributed by atoms with Crippen molar-refractivity contribution >= 4 is 23.4 Å². The fourth-order valence-corrected chi connectivity index (χ4v) is 2.15. The van der Waals surface area contributed by atoms with Crippen LogP contribution in [0.15, 0.2) is 33.9 Å². The van der Waals surface area contributed by atoms with Crippen LogP contribution in [0.3, 0.4) is 0 Å². The molecule has 2 aromatic rings. The normalized spacial score (nSPS) is 12.6. The second kappa shape index (κ2) is 8.21. The van der Waals surface area contributed by atoms with E-state index >= 15 is 0 Å². The molecule has 1 amide bonds. The number of ether oxygens (including phenoxy) is 3. The maximum atomic E-state index is 11.6. The number of esters is 1. The predicted octanol–water partition coefficient (Wildman–Crippen LogP) is 1.63. The molecule has 0 radical (unpaired) electrons. The largest absolute Gasteiger partial charge is 0.454 e. The van der Waals surface area contributed by atoms with Crippen LogP contribution in [-0.2, 0) is 19.2 Å². The molecule has 0 aliphatic carbocycles. The summed E-state index contributed by atoms with van der Waals surface area (Å²) in [5, 5.41) is 9.87. The zero-order chi connectivity index (χ0) is 19.2. The highest BCUT2D eigenvalue weighted by Gasteiger charge is 2.14. The van der Waals surface area contributed by atoms with Gasteiger partial charge >= 0.3 is 5.97 Å². The van der Waals surface area contributed by atoms with Crippen LogP contribution >= 0.6 is 0 Å². The molecule has 10 heteroatoms. The lowest BCUT2D eigenvalue weighted by molar-refractivity contribution is -0.151. The van der Waals surface area contributed by atoms with Crippen molar-refractivity contribution < 1.29 is 33.2 Å².